The minimum absolute atomic E-state index is 0.103. The van der Waals surface area contributed by atoms with Gasteiger partial charge in [-0.2, -0.15) is 0 Å². The molecule has 2 N–H and O–H groups in total. The van der Waals surface area contributed by atoms with Crippen molar-refractivity contribution >= 4 is 26.5 Å². The SMILES string of the molecule is Cc1ccc2c(c1)sc1nnc(C(C)N)n12. The Kier molecular flexibility index (Phi) is 1.99. The third-order valence-corrected chi connectivity index (χ3v) is 3.62. The molecule has 16 heavy (non-hydrogen) atoms. The van der Waals surface area contributed by atoms with E-state index in [0.29, 0.717) is 0 Å². The average molecular weight is 232 g/mol. The van der Waals surface area contributed by atoms with E-state index in [2.05, 4.69) is 35.3 Å². The van der Waals surface area contributed by atoms with Gasteiger partial charge in [-0.25, -0.2) is 0 Å². The molecule has 0 saturated carbocycles. The average Bonchev–Trinajstić information content (AvgIpc) is 2.74. The first-order valence-corrected chi connectivity index (χ1v) is 5.98. The van der Waals surface area contributed by atoms with Gasteiger partial charge >= 0.3 is 0 Å². The molecule has 2 aromatic heterocycles. The summed E-state index contributed by atoms with van der Waals surface area (Å²) in [5.41, 5.74) is 8.28. The molecule has 3 aromatic rings. The van der Waals surface area contributed by atoms with E-state index in [0.717, 1.165) is 16.3 Å². The van der Waals surface area contributed by atoms with Crippen LogP contribution in [-0.2, 0) is 0 Å². The number of benzene rings is 1. The number of hydrogen-bond acceptors (Lipinski definition) is 4. The zero-order valence-electron chi connectivity index (χ0n) is 9.14. The highest BCUT2D eigenvalue weighted by atomic mass is 32.1. The van der Waals surface area contributed by atoms with Crippen LogP contribution in [-0.4, -0.2) is 14.6 Å². The van der Waals surface area contributed by atoms with Gasteiger partial charge in [-0.3, -0.25) is 4.40 Å². The van der Waals surface area contributed by atoms with Crippen molar-refractivity contribution in [2.45, 2.75) is 19.9 Å². The molecule has 0 radical (unpaired) electrons. The predicted octanol–water partition coefficient (Wildman–Crippen LogP) is 2.27. The molecule has 0 aliphatic carbocycles. The number of thiazole rings is 1. The maximum Gasteiger partial charge on any atom is 0.217 e. The highest BCUT2D eigenvalue weighted by Crippen LogP contribution is 2.28. The van der Waals surface area contributed by atoms with Crippen LogP contribution in [0.25, 0.3) is 15.2 Å². The fourth-order valence-corrected chi connectivity index (χ4v) is 2.93. The van der Waals surface area contributed by atoms with Crippen LogP contribution in [0, 0.1) is 6.92 Å². The lowest BCUT2D eigenvalue weighted by Gasteiger charge is -2.01. The van der Waals surface area contributed by atoms with E-state index >= 15 is 0 Å². The van der Waals surface area contributed by atoms with Crippen molar-refractivity contribution in [3.63, 3.8) is 0 Å². The molecule has 4 nitrogen and oxygen atoms in total. The minimum Gasteiger partial charge on any atom is -0.322 e. The second-order valence-corrected chi connectivity index (χ2v) is 5.05. The molecule has 0 saturated heterocycles. The molecular formula is C11H12N4S. The molecule has 5 heteroatoms. The van der Waals surface area contributed by atoms with E-state index in [1.807, 2.05) is 11.3 Å². The fourth-order valence-electron chi connectivity index (χ4n) is 1.85. The lowest BCUT2D eigenvalue weighted by molar-refractivity contribution is 0.732. The van der Waals surface area contributed by atoms with Crippen molar-refractivity contribution in [1.29, 1.82) is 0 Å². The van der Waals surface area contributed by atoms with Crippen molar-refractivity contribution in [1.82, 2.24) is 14.6 Å². The minimum atomic E-state index is -0.103. The summed E-state index contributed by atoms with van der Waals surface area (Å²) < 4.78 is 3.27. The summed E-state index contributed by atoms with van der Waals surface area (Å²) in [6, 6.07) is 6.26. The molecule has 0 spiro atoms. The smallest absolute Gasteiger partial charge is 0.217 e. The molecule has 1 atom stereocenters. The maximum atomic E-state index is 5.89. The quantitative estimate of drug-likeness (QED) is 0.700. The van der Waals surface area contributed by atoms with E-state index in [1.165, 1.54) is 10.3 Å². The topological polar surface area (TPSA) is 56.2 Å². The molecule has 1 unspecified atom stereocenters. The van der Waals surface area contributed by atoms with Crippen LogP contribution in [0.4, 0.5) is 0 Å². The summed E-state index contributed by atoms with van der Waals surface area (Å²) in [4.78, 5) is 0.910. The highest BCUT2D eigenvalue weighted by molar-refractivity contribution is 7.23. The molecule has 0 fully saturated rings. The number of aryl methyl sites for hydroxylation is 1. The van der Waals surface area contributed by atoms with Crippen molar-refractivity contribution in [3.8, 4) is 0 Å². The van der Waals surface area contributed by atoms with E-state index in [9.17, 15) is 0 Å². The van der Waals surface area contributed by atoms with Crippen LogP contribution in [0.15, 0.2) is 18.2 Å². The highest BCUT2D eigenvalue weighted by Gasteiger charge is 2.14. The number of fused-ring (bicyclic) bond motifs is 3. The molecule has 0 aliphatic rings. The van der Waals surface area contributed by atoms with Crippen molar-refractivity contribution < 1.29 is 0 Å². The molecule has 82 valence electrons. The number of rotatable bonds is 1. The van der Waals surface area contributed by atoms with E-state index < -0.39 is 0 Å². The van der Waals surface area contributed by atoms with Gasteiger partial charge in [0.25, 0.3) is 0 Å². The van der Waals surface area contributed by atoms with Crippen molar-refractivity contribution in [2.75, 3.05) is 0 Å². The Labute approximate surface area is 96.7 Å². The molecule has 2 heterocycles. The van der Waals surface area contributed by atoms with Gasteiger partial charge in [0, 0.05) is 0 Å². The molecule has 0 amide bonds. The van der Waals surface area contributed by atoms with Crippen LogP contribution in [0.1, 0.15) is 24.4 Å². The molecule has 1 aromatic carbocycles. The lowest BCUT2D eigenvalue weighted by Crippen LogP contribution is -2.09. The summed E-state index contributed by atoms with van der Waals surface area (Å²) >= 11 is 1.65. The van der Waals surface area contributed by atoms with Gasteiger partial charge in [0.1, 0.15) is 0 Å². The van der Waals surface area contributed by atoms with Crippen molar-refractivity contribution in [3.05, 3.63) is 29.6 Å². The van der Waals surface area contributed by atoms with Crippen LogP contribution in [0.2, 0.25) is 0 Å². The van der Waals surface area contributed by atoms with Gasteiger partial charge in [-0.05, 0) is 31.5 Å². The van der Waals surface area contributed by atoms with Gasteiger partial charge in [0.05, 0.1) is 16.3 Å². The zero-order valence-corrected chi connectivity index (χ0v) is 9.95. The van der Waals surface area contributed by atoms with Crippen LogP contribution < -0.4 is 5.73 Å². The summed E-state index contributed by atoms with van der Waals surface area (Å²) in [6.45, 7) is 4.01. The van der Waals surface area contributed by atoms with E-state index in [4.69, 9.17) is 5.73 Å². The Bertz CT molecular complexity index is 665. The Hall–Kier alpha value is -1.46. The third-order valence-electron chi connectivity index (χ3n) is 2.62. The Morgan fingerprint density at radius 3 is 2.94 bits per heavy atom. The number of nitrogens with zero attached hydrogens (tertiary/aromatic N) is 3. The Morgan fingerprint density at radius 1 is 1.38 bits per heavy atom. The summed E-state index contributed by atoms with van der Waals surface area (Å²) in [7, 11) is 0. The maximum absolute atomic E-state index is 5.89. The van der Waals surface area contributed by atoms with Gasteiger partial charge in [0.2, 0.25) is 4.96 Å². The Morgan fingerprint density at radius 2 is 2.19 bits per heavy atom. The first kappa shape index (κ1) is 9.74. The van der Waals surface area contributed by atoms with Gasteiger partial charge in [-0.1, -0.05) is 17.4 Å². The van der Waals surface area contributed by atoms with Crippen LogP contribution >= 0.6 is 11.3 Å². The zero-order chi connectivity index (χ0) is 11.3. The van der Waals surface area contributed by atoms with Gasteiger partial charge in [-0.15, -0.1) is 10.2 Å². The lowest BCUT2D eigenvalue weighted by atomic mass is 10.2. The molecule has 0 aliphatic heterocycles. The van der Waals surface area contributed by atoms with Crippen LogP contribution in [0.3, 0.4) is 0 Å². The van der Waals surface area contributed by atoms with E-state index in [-0.39, 0.29) is 6.04 Å². The largest absolute Gasteiger partial charge is 0.322 e. The van der Waals surface area contributed by atoms with Crippen molar-refractivity contribution in [2.24, 2.45) is 5.73 Å². The second kappa shape index (κ2) is 3.26. The van der Waals surface area contributed by atoms with E-state index in [1.54, 1.807) is 11.3 Å². The standard InChI is InChI=1S/C11H12N4S/c1-6-3-4-8-9(5-6)16-11-14-13-10(7(2)12)15(8)11/h3-5,7H,12H2,1-2H3. The summed E-state index contributed by atoms with van der Waals surface area (Å²) in [5.74, 6) is 0.824. The number of aromatic nitrogens is 3. The predicted molar refractivity (Wildman–Crippen MR) is 65.7 cm³/mol. The fraction of sp³-hybridized carbons (Fsp3) is 0.273. The first-order valence-electron chi connectivity index (χ1n) is 5.16. The van der Waals surface area contributed by atoms with Gasteiger partial charge in [0.15, 0.2) is 5.82 Å². The Balaban J connectivity index is 2.45. The number of hydrogen-bond donors (Lipinski definition) is 1. The second-order valence-electron chi connectivity index (χ2n) is 4.04. The van der Waals surface area contributed by atoms with Crippen LogP contribution in [0.5, 0.6) is 0 Å². The monoisotopic (exact) mass is 232 g/mol. The molecular weight excluding hydrogens is 220 g/mol. The summed E-state index contributed by atoms with van der Waals surface area (Å²) in [6.07, 6.45) is 0. The third kappa shape index (κ3) is 1.25. The molecule has 0 bridgehead atoms. The van der Waals surface area contributed by atoms with Gasteiger partial charge < -0.3 is 5.73 Å². The molecule has 3 rings (SSSR count). The first-order chi connectivity index (χ1) is 7.66. The summed E-state index contributed by atoms with van der Waals surface area (Å²) in [5, 5.41) is 8.28. The normalized spacial score (nSPS) is 13.7. The number of nitrogens with two attached hydrogens (primary N) is 1.